The number of likely N-dealkylation sites (N-methyl/N-ethyl adjacent to an activating group) is 2. The molecule has 0 radical (unpaired) electrons. The molecular formula is C16H26ClN3O2. The lowest BCUT2D eigenvalue weighted by molar-refractivity contribution is -0.130. The van der Waals surface area contributed by atoms with Crippen molar-refractivity contribution < 1.29 is 9.59 Å². The minimum Gasteiger partial charge on any atom is -0.349 e. The van der Waals surface area contributed by atoms with Crippen LogP contribution in [-0.2, 0) is 9.59 Å². The van der Waals surface area contributed by atoms with Crippen molar-refractivity contribution in [3.8, 4) is 0 Å². The van der Waals surface area contributed by atoms with E-state index >= 15 is 0 Å². The fourth-order valence-corrected chi connectivity index (χ4v) is 2.03. The summed E-state index contributed by atoms with van der Waals surface area (Å²) in [7, 11) is 3.63. The molecule has 124 valence electrons. The summed E-state index contributed by atoms with van der Waals surface area (Å²) < 4.78 is 0. The van der Waals surface area contributed by atoms with Crippen LogP contribution in [-0.4, -0.2) is 43.9 Å². The summed E-state index contributed by atoms with van der Waals surface area (Å²) in [6.07, 6.45) is 0.267. The smallest absolute Gasteiger partial charge is 0.224 e. The normalized spacial score (nSPS) is 11.3. The zero-order valence-corrected chi connectivity index (χ0v) is 14.5. The summed E-state index contributed by atoms with van der Waals surface area (Å²) in [5, 5.41) is 5.87. The molecule has 0 aliphatic heterocycles. The van der Waals surface area contributed by atoms with Crippen molar-refractivity contribution >= 4 is 24.2 Å². The van der Waals surface area contributed by atoms with Gasteiger partial charge in [-0.1, -0.05) is 29.8 Å². The third-order valence-corrected chi connectivity index (χ3v) is 3.36. The van der Waals surface area contributed by atoms with E-state index in [4.69, 9.17) is 0 Å². The standard InChI is InChI=1S/C16H25N3O2.ClH/c1-12-5-7-14(8-6-12)15(18-13(2)20)11-16(21)19(4)10-9-17-3;/h5-8,15,17H,9-11H2,1-4H3,(H,18,20);1H. The number of nitrogens with one attached hydrogen (secondary N) is 2. The molecule has 2 N–H and O–H groups in total. The maximum Gasteiger partial charge on any atom is 0.224 e. The molecule has 1 atom stereocenters. The lowest BCUT2D eigenvalue weighted by Gasteiger charge is -2.22. The van der Waals surface area contributed by atoms with Gasteiger partial charge in [0.05, 0.1) is 12.5 Å². The van der Waals surface area contributed by atoms with Crippen LogP contribution in [0, 0.1) is 6.92 Å². The van der Waals surface area contributed by atoms with Gasteiger partial charge in [0.15, 0.2) is 0 Å². The van der Waals surface area contributed by atoms with E-state index in [1.54, 1.807) is 11.9 Å². The third kappa shape index (κ3) is 6.91. The van der Waals surface area contributed by atoms with E-state index in [1.165, 1.54) is 6.92 Å². The number of amides is 2. The predicted molar refractivity (Wildman–Crippen MR) is 91.2 cm³/mol. The summed E-state index contributed by atoms with van der Waals surface area (Å²) in [5.74, 6) is -0.115. The van der Waals surface area contributed by atoms with Crippen LogP contribution < -0.4 is 10.6 Å². The van der Waals surface area contributed by atoms with Crippen LogP contribution in [0.25, 0.3) is 0 Å². The van der Waals surface area contributed by atoms with Gasteiger partial charge in [0.1, 0.15) is 0 Å². The lowest BCUT2D eigenvalue weighted by atomic mass is 10.0. The molecule has 6 heteroatoms. The maximum absolute atomic E-state index is 12.2. The van der Waals surface area contributed by atoms with Crippen LogP contribution in [0.15, 0.2) is 24.3 Å². The molecule has 5 nitrogen and oxygen atoms in total. The molecule has 2 amide bonds. The molecule has 0 aromatic heterocycles. The molecule has 1 aromatic rings. The highest BCUT2D eigenvalue weighted by Crippen LogP contribution is 2.18. The molecular weight excluding hydrogens is 302 g/mol. The van der Waals surface area contributed by atoms with Crippen LogP contribution in [0.1, 0.15) is 30.5 Å². The third-order valence-electron chi connectivity index (χ3n) is 3.36. The Bertz CT molecular complexity index is 477. The average Bonchev–Trinajstić information content (AvgIpc) is 2.44. The number of hydrogen-bond donors (Lipinski definition) is 2. The van der Waals surface area contributed by atoms with Crippen LogP contribution in [0.4, 0.5) is 0 Å². The minimum atomic E-state index is -0.285. The molecule has 0 bridgehead atoms. The van der Waals surface area contributed by atoms with Gasteiger partial charge in [-0.2, -0.15) is 0 Å². The second-order valence-electron chi connectivity index (χ2n) is 5.29. The quantitative estimate of drug-likeness (QED) is 0.800. The van der Waals surface area contributed by atoms with Gasteiger partial charge in [-0.25, -0.2) is 0 Å². The molecule has 0 aliphatic rings. The topological polar surface area (TPSA) is 61.4 Å². The van der Waals surface area contributed by atoms with Crippen LogP contribution in [0.2, 0.25) is 0 Å². The number of halogens is 1. The van der Waals surface area contributed by atoms with Crippen LogP contribution in [0.5, 0.6) is 0 Å². The molecule has 22 heavy (non-hydrogen) atoms. The molecule has 1 rings (SSSR count). The SMILES string of the molecule is CNCCN(C)C(=O)CC(NC(C)=O)c1ccc(C)cc1.Cl. The van der Waals surface area contributed by atoms with E-state index in [2.05, 4.69) is 10.6 Å². The number of carbonyl (C=O) groups is 2. The Hall–Kier alpha value is -1.59. The number of nitrogens with zero attached hydrogens (tertiary/aromatic N) is 1. The van der Waals surface area contributed by atoms with Gasteiger partial charge in [-0.15, -0.1) is 12.4 Å². The molecule has 0 aliphatic carbocycles. The summed E-state index contributed by atoms with van der Waals surface area (Å²) in [6.45, 7) is 4.87. The van der Waals surface area contributed by atoms with Crippen molar-refractivity contribution in [2.45, 2.75) is 26.3 Å². The van der Waals surface area contributed by atoms with Crippen molar-refractivity contribution in [3.63, 3.8) is 0 Å². The van der Waals surface area contributed by atoms with Crippen molar-refractivity contribution in [3.05, 3.63) is 35.4 Å². The number of aryl methyl sites for hydroxylation is 1. The van der Waals surface area contributed by atoms with E-state index in [-0.39, 0.29) is 36.7 Å². The number of rotatable bonds is 7. The van der Waals surface area contributed by atoms with Gasteiger partial charge in [0, 0.05) is 27.1 Å². The van der Waals surface area contributed by atoms with Gasteiger partial charge < -0.3 is 15.5 Å². The summed E-state index contributed by atoms with van der Waals surface area (Å²) in [5.41, 5.74) is 2.10. The van der Waals surface area contributed by atoms with Crippen molar-refractivity contribution in [2.24, 2.45) is 0 Å². The van der Waals surface area contributed by atoms with Crippen LogP contribution in [0.3, 0.4) is 0 Å². The molecule has 0 fully saturated rings. The van der Waals surface area contributed by atoms with Gasteiger partial charge >= 0.3 is 0 Å². The Morgan fingerprint density at radius 3 is 2.32 bits per heavy atom. The second kappa shape index (κ2) is 10.2. The molecule has 0 saturated heterocycles. The first-order valence-corrected chi connectivity index (χ1v) is 7.16. The first-order valence-electron chi connectivity index (χ1n) is 7.16. The lowest BCUT2D eigenvalue weighted by Crippen LogP contribution is -2.36. The fraction of sp³-hybridized carbons (Fsp3) is 0.500. The van der Waals surface area contributed by atoms with E-state index in [0.717, 1.165) is 17.7 Å². The summed E-state index contributed by atoms with van der Waals surface area (Å²) in [6, 6.07) is 7.60. The Balaban J connectivity index is 0.00000441. The van der Waals surface area contributed by atoms with E-state index < -0.39 is 0 Å². The van der Waals surface area contributed by atoms with Crippen molar-refractivity contribution in [1.82, 2.24) is 15.5 Å². The largest absolute Gasteiger partial charge is 0.349 e. The van der Waals surface area contributed by atoms with E-state index in [1.807, 2.05) is 38.2 Å². The monoisotopic (exact) mass is 327 g/mol. The molecule has 0 spiro atoms. The number of hydrogen-bond acceptors (Lipinski definition) is 3. The van der Waals surface area contributed by atoms with Gasteiger partial charge in [-0.3, -0.25) is 9.59 Å². The van der Waals surface area contributed by atoms with Crippen molar-refractivity contribution in [1.29, 1.82) is 0 Å². The summed E-state index contributed by atoms with van der Waals surface area (Å²) >= 11 is 0. The number of benzene rings is 1. The zero-order chi connectivity index (χ0) is 15.8. The van der Waals surface area contributed by atoms with E-state index in [9.17, 15) is 9.59 Å². The first-order chi connectivity index (χ1) is 9.93. The fourth-order valence-electron chi connectivity index (χ4n) is 2.03. The Morgan fingerprint density at radius 2 is 1.82 bits per heavy atom. The zero-order valence-electron chi connectivity index (χ0n) is 13.7. The summed E-state index contributed by atoms with van der Waals surface area (Å²) in [4.78, 5) is 25.3. The maximum atomic E-state index is 12.2. The molecule has 1 aromatic carbocycles. The van der Waals surface area contributed by atoms with Crippen LogP contribution >= 0.6 is 12.4 Å². The van der Waals surface area contributed by atoms with Gasteiger partial charge in [-0.05, 0) is 19.5 Å². The Labute approximate surface area is 138 Å². The van der Waals surface area contributed by atoms with Crippen molar-refractivity contribution in [2.75, 3.05) is 27.2 Å². The van der Waals surface area contributed by atoms with Gasteiger partial charge in [0.2, 0.25) is 11.8 Å². The highest BCUT2D eigenvalue weighted by molar-refractivity contribution is 5.85. The second-order valence-corrected chi connectivity index (χ2v) is 5.29. The Morgan fingerprint density at radius 1 is 1.23 bits per heavy atom. The highest BCUT2D eigenvalue weighted by Gasteiger charge is 2.19. The predicted octanol–water partition coefficient (Wildman–Crippen LogP) is 1.66. The first kappa shape index (κ1) is 20.4. The molecule has 1 unspecified atom stereocenters. The average molecular weight is 328 g/mol. The molecule has 0 heterocycles. The van der Waals surface area contributed by atoms with E-state index in [0.29, 0.717) is 6.54 Å². The Kier molecular flexibility index (Phi) is 9.45. The highest BCUT2D eigenvalue weighted by atomic mass is 35.5. The van der Waals surface area contributed by atoms with Gasteiger partial charge in [0.25, 0.3) is 0 Å². The molecule has 0 saturated carbocycles. The number of carbonyl (C=O) groups excluding carboxylic acids is 2. The minimum absolute atomic E-state index is 0.